The third-order valence-corrected chi connectivity index (χ3v) is 3.12. The zero-order valence-electron chi connectivity index (χ0n) is 12.9. The summed E-state index contributed by atoms with van der Waals surface area (Å²) < 4.78 is 0. The fraction of sp³-hybridized carbons (Fsp3) is 0.875. The van der Waals surface area contributed by atoms with Gasteiger partial charge in [0.05, 0.1) is 0 Å². The zero-order chi connectivity index (χ0) is 13.5. The summed E-state index contributed by atoms with van der Waals surface area (Å²) in [4.78, 5) is 0. The molecule has 0 aromatic heterocycles. The molecule has 1 nitrogen and oxygen atoms in total. The highest BCUT2D eigenvalue weighted by molar-refractivity contribution is 4.83. The van der Waals surface area contributed by atoms with Gasteiger partial charge in [0.15, 0.2) is 0 Å². The maximum atomic E-state index is 3.82. The third-order valence-electron chi connectivity index (χ3n) is 3.12. The molecule has 0 saturated heterocycles. The van der Waals surface area contributed by atoms with E-state index in [4.69, 9.17) is 0 Å². The summed E-state index contributed by atoms with van der Waals surface area (Å²) in [6.07, 6.45) is 9.60. The second-order valence-corrected chi connectivity index (χ2v) is 4.59. The molecule has 0 aliphatic rings. The predicted molar refractivity (Wildman–Crippen MR) is 81.3 cm³/mol. The number of allylic oxidation sites excluding steroid dienone is 1. The topological polar surface area (TPSA) is 12.0 Å². The van der Waals surface area contributed by atoms with Crippen LogP contribution < -0.4 is 5.32 Å². The molecule has 0 radical (unpaired) electrons. The van der Waals surface area contributed by atoms with Gasteiger partial charge in [0.1, 0.15) is 0 Å². The van der Waals surface area contributed by atoms with Gasteiger partial charge >= 0.3 is 0 Å². The molecule has 0 amide bonds. The summed E-state index contributed by atoms with van der Waals surface area (Å²) in [5.41, 5.74) is 1.09. The van der Waals surface area contributed by atoms with Gasteiger partial charge in [-0.25, -0.2) is 0 Å². The first-order valence-electron chi connectivity index (χ1n) is 7.60. The van der Waals surface area contributed by atoms with Crippen molar-refractivity contribution in [1.82, 2.24) is 5.32 Å². The van der Waals surface area contributed by atoms with E-state index in [1.54, 1.807) is 0 Å². The molecule has 0 aliphatic carbocycles. The zero-order valence-corrected chi connectivity index (χ0v) is 12.9. The Kier molecular flexibility index (Phi) is 17.3. The lowest BCUT2D eigenvalue weighted by molar-refractivity contribution is 0.428. The molecule has 1 N–H and O–H groups in total. The highest BCUT2D eigenvalue weighted by Gasteiger charge is 2.01. The van der Waals surface area contributed by atoms with Crippen molar-refractivity contribution in [2.45, 2.75) is 79.6 Å². The molecule has 1 heteroatoms. The molecular weight excluding hydrogens is 206 g/mol. The van der Waals surface area contributed by atoms with E-state index in [9.17, 15) is 0 Å². The van der Waals surface area contributed by atoms with Crippen molar-refractivity contribution in [3.63, 3.8) is 0 Å². The Morgan fingerprint density at radius 3 is 2.00 bits per heavy atom. The van der Waals surface area contributed by atoms with Crippen LogP contribution in [0.3, 0.4) is 0 Å². The third kappa shape index (κ3) is 15.5. The van der Waals surface area contributed by atoms with E-state index in [2.05, 4.69) is 25.7 Å². The van der Waals surface area contributed by atoms with Crippen LogP contribution in [0.25, 0.3) is 0 Å². The van der Waals surface area contributed by atoms with Crippen LogP contribution in [0, 0.1) is 5.92 Å². The quantitative estimate of drug-likeness (QED) is 0.496. The maximum Gasteiger partial charge on any atom is 0.0143 e. The van der Waals surface area contributed by atoms with Gasteiger partial charge in [-0.3, -0.25) is 0 Å². The average Bonchev–Trinajstić information content (AvgIpc) is 2.35. The minimum absolute atomic E-state index is 0.971. The molecule has 0 heterocycles. The second kappa shape index (κ2) is 15.5. The molecule has 0 atom stereocenters. The van der Waals surface area contributed by atoms with Crippen LogP contribution in [0.1, 0.15) is 79.6 Å². The molecule has 0 rings (SSSR count). The van der Waals surface area contributed by atoms with Gasteiger partial charge in [0, 0.05) is 12.2 Å². The van der Waals surface area contributed by atoms with E-state index in [1.807, 2.05) is 20.8 Å². The van der Waals surface area contributed by atoms with Crippen LogP contribution in [0.2, 0.25) is 0 Å². The van der Waals surface area contributed by atoms with Gasteiger partial charge in [0.2, 0.25) is 0 Å². The number of rotatable bonds is 10. The van der Waals surface area contributed by atoms with E-state index in [0.29, 0.717) is 0 Å². The van der Waals surface area contributed by atoms with Crippen LogP contribution in [0.15, 0.2) is 12.3 Å². The SMILES string of the molecule is C=C(C)NCCCCCCC(CC)CC.CC. The van der Waals surface area contributed by atoms with E-state index < -0.39 is 0 Å². The highest BCUT2D eigenvalue weighted by atomic mass is 14.9. The minimum atomic E-state index is 0.971. The number of hydrogen-bond acceptors (Lipinski definition) is 1. The van der Waals surface area contributed by atoms with E-state index in [1.165, 1.54) is 44.9 Å². The van der Waals surface area contributed by atoms with Crippen LogP contribution >= 0.6 is 0 Å². The average molecular weight is 241 g/mol. The van der Waals surface area contributed by atoms with Gasteiger partial charge in [-0.2, -0.15) is 0 Å². The maximum absolute atomic E-state index is 3.82. The minimum Gasteiger partial charge on any atom is -0.389 e. The normalized spacial score (nSPS) is 9.76. The molecular formula is C16H35N. The summed E-state index contributed by atoms with van der Waals surface area (Å²) in [6.45, 7) is 15.6. The first kappa shape index (κ1) is 18.9. The van der Waals surface area contributed by atoms with Crippen molar-refractivity contribution >= 4 is 0 Å². The molecule has 0 aromatic rings. The van der Waals surface area contributed by atoms with Crippen LogP contribution in [0.5, 0.6) is 0 Å². The Labute approximate surface area is 110 Å². The number of nitrogens with one attached hydrogen (secondary N) is 1. The van der Waals surface area contributed by atoms with E-state index >= 15 is 0 Å². The molecule has 17 heavy (non-hydrogen) atoms. The highest BCUT2D eigenvalue weighted by Crippen LogP contribution is 2.16. The smallest absolute Gasteiger partial charge is 0.0143 e. The van der Waals surface area contributed by atoms with Crippen LogP contribution in [-0.4, -0.2) is 6.54 Å². The molecule has 0 saturated carbocycles. The van der Waals surface area contributed by atoms with Crippen LogP contribution in [0.4, 0.5) is 0 Å². The van der Waals surface area contributed by atoms with Crippen molar-refractivity contribution in [3.8, 4) is 0 Å². The van der Waals surface area contributed by atoms with Gasteiger partial charge in [0.25, 0.3) is 0 Å². The molecule has 104 valence electrons. The first-order chi connectivity index (χ1) is 8.20. The summed E-state index contributed by atoms with van der Waals surface area (Å²) in [5.74, 6) is 0.971. The van der Waals surface area contributed by atoms with Crippen molar-refractivity contribution in [3.05, 3.63) is 12.3 Å². The Hall–Kier alpha value is -0.460. The summed E-state index contributed by atoms with van der Waals surface area (Å²) in [5, 5.41) is 3.27. The second-order valence-electron chi connectivity index (χ2n) is 4.59. The summed E-state index contributed by atoms with van der Waals surface area (Å²) >= 11 is 0. The Morgan fingerprint density at radius 1 is 1.00 bits per heavy atom. The molecule has 0 aliphatic heterocycles. The fourth-order valence-corrected chi connectivity index (χ4v) is 1.91. The lowest BCUT2D eigenvalue weighted by atomic mass is 9.96. The molecule has 0 bridgehead atoms. The molecule has 0 unspecified atom stereocenters. The fourth-order valence-electron chi connectivity index (χ4n) is 1.91. The van der Waals surface area contributed by atoms with Crippen LogP contribution in [-0.2, 0) is 0 Å². The van der Waals surface area contributed by atoms with Gasteiger partial charge < -0.3 is 5.32 Å². The van der Waals surface area contributed by atoms with Crippen molar-refractivity contribution in [2.75, 3.05) is 6.54 Å². The predicted octanol–water partition coefficient (Wildman–Crippen LogP) is 5.52. The molecule has 0 fully saturated rings. The monoisotopic (exact) mass is 241 g/mol. The largest absolute Gasteiger partial charge is 0.389 e. The van der Waals surface area contributed by atoms with Crippen molar-refractivity contribution in [1.29, 1.82) is 0 Å². The van der Waals surface area contributed by atoms with Gasteiger partial charge in [-0.15, -0.1) is 0 Å². The van der Waals surface area contributed by atoms with E-state index in [-0.39, 0.29) is 0 Å². The van der Waals surface area contributed by atoms with Crippen molar-refractivity contribution in [2.24, 2.45) is 5.92 Å². The lowest BCUT2D eigenvalue weighted by Crippen LogP contribution is -2.11. The van der Waals surface area contributed by atoms with Gasteiger partial charge in [-0.1, -0.05) is 72.8 Å². The summed E-state index contributed by atoms with van der Waals surface area (Å²) in [6, 6.07) is 0. The van der Waals surface area contributed by atoms with Gasteiger partial charge in [-0.05, 0) is 19.3 Å². The molecule has 0 spiro atoms. The Morgan fingerprint density at radius 2 is 1.53 bits per heavy atom. The standard InChI is InChI=1S/C14H29N.C2H6/c1-5-14(6-2)11-9-7-8-10-12-15-13(3)4;1-2/h14-15H,3,5-12H2,1-2,4H3;1-2H3. The Balaban J connectivity index is 0. The summed E-state index contributed by atoms with van der Waals surface area (Å²) in [7, 11) is 0. The first-order valence-corrected chi connectivity index (χ1v) is 7.60. The number of hydrogen-bond donors (Lipinski definition) is 1. The number of unbranched alkanes of at least 4 members (excludes halogenated alkanes) is 3. The van der Waals surface area contributed by atoms with E-state index in [0.717, 1.165) is 18.2 Å². The lowest BCUT2D eigenvalue weighted by Gasteiger charge is -2.11. The Bertz CT molecular complexity index is 148. The van der Waals surface area contributed by atoms with Crippen molar-refractivity contribution < 1.29 is 0 Å². The molecule has 0 aromatic carbocycles.